The molecule has 0 saturated carbocycles. The number of carbonyl (C=O) groups excluding carboxylic acids is 1. The van der Waals surface area contributed by atoms with Gasteiger partial charge in [-0.15, -0.1) is 0 Å². The Balaban J connectivity index is 2.66. The molecule has 0 fully saturated rings. The zero-order valence-electron chi connectivity index (χ0n) is 8.86. The van der Waals surface area contributed by atoms with E-state index in [-0.39, 0.29) is 23.0 Å². The molecular formula is C12H12O4. The molecule has 2 N–H and O–H groups in total. The highest BCUT2D eigenvalue weighted by atomic mass is 16.4. The Labute approximate surface area is 92.5 Å². The van der Waals surface area contributed by atoms with Gasteiger partial charge in [0, 0.05) is 17.5 Å². The predicted molar refractivity (Wildman–Crippen MR) is 57.0 cm³/mol. The predicted octanol–water partition coefficient (Wildman–Crippen LogP) is 2.17. The lowest BCUT2D eigenvalue weighted by molar-refractivity contribution is 0.0696. The molecule has 1 aromatic rings. The molecule has 84 valence electrons. The zero-order chi connectivity index (χ0) is 11.9. The number of ketones is 1. The Hall–Kier alpha value is -1.84. The Bertz CT molecular complexity index is 476. The van der Waals surface area contributed by atoms with Gasteiger partial charge in [-0.1, -0.05) is 6.92 Å². The van der Waals surface area contributed by atoms with Crippen molar-refractivity contribution in [3.8, 4) is 5.75 Å². The zero-order valence-corrected chi connectivity index (χ0v) is 8.86. The second-order valence-electron chi connectivity index (χ2n) is 4.12. The average Bonchev–Trinajstić information content (AvgIpc) is 2.22. The van der Waals surface area contributed by atoms with E-state index in [0.29, 0.717) is 24.0 Å². The number of carbonyl (C=O) groups is 2. The lowest BCUT2D eigenvalue weighted by Crippen LogP contribution is -2.15. The molecule has 0 unspecified atom stereocenters. The van der Waals surface area contributed by atoms with Crippen LogP contribution in [0, 0.1) is 0 Å². The first kappa shape index (κ1) is 10.7. The molecule has 4 heteroatoms. The fourth-order valence-electron chi connectivity index (χ4n) is 2.14. The summed E-state index contributed by atoms with van der Waals surface area (Å²) in [5.41, 5.74) is 0.899. The summed E-state index contributed by atoms with van der Waals surface area (Å²) in [5.74, 6) is -1.22. The molecular weight excluding hydrogens is 208 g/mol. The molecule has 0 heterocycles. The van der Waals surface area contributed by atoms with Gasteiger partial charge in [0.05, 0.1) is 5.56 Å². The van der Waals surface area contributed by atoms with E-state index in [1.807, 2.05) is 6.92 Å². The van der Waals surface area contributed by atoms with Crippen molar-refractivity contribution in [1.29, 1.82) is 0 Å². The molecule has 0 aliphatic heterocycles. The van der Waals surface area contributed by atoms with Gasteiger partial charge in [0.1, 0.15) is 5.75 Å². The van der Waals surface area contributed by atoms with E-state index < -0.39 is 5.97 Å². The molecule has 0 aromatic heterocycles. The van der Waals surface area contributed by atoms with Crippen molar-refractivity contribution in [2.75, 3.05) is 0 Å². The number of benzene rings is 1. The highest BCUT2D eigenvalue weighted by Crippen LogP contribution is 2.37. The second kappa shape index (κ2) is 3.63. The van der Waals surface area contributed by atoms with Gasteiger partial charge < -0.3 is 10.2 Å². The largest absolute Gasteiger partial charge is 0.508 e. The summed E-state index contributed by atoms with van der Waals surface area (Å²) < 4.78 is 0. The minimum atomic E-state index is -1.14. The maximum atomic E-state index is 11.7. The van der Waals surface area contributed by atoms with Crippen molar-refractivity contribution in [1.82, 2.24) is 0 Å². The van der Waals surface area contributed by atoms with E-state index in [1.165, 1.54) is 12.1 Å². The number of carboxylic acid groups (broad SMARTS) is 1. The summed E-state index contributed by atoms with van der Waals surface area (Å²) in [7, 11) is 0. The number of phenols is 1. The smallest absolute Gasteiger partial charge is 0.335 e. The third kappa shape index (κ3) is 1.56. The molecule has 1 aliphatic carbocycles. The number of aromatic carboxylic acids is 1. The van der Waals surface area contributed by atoms with Crippen LogP contribution in [0.25, 0.3) is 0 Å². The van der Waals surface area contributed by atoms with Crippen molar-refractivity contribution in [3.63, 3.8) is 0 Å². The minimum Gasteiger partial charge on any atom is -0.508 e. The summed E-state index contributed by atoms with van der Waals surface area (Å²) in [6.45, 7) is 1.92. The highest BCUT2D eigenvalue weighted by Gasteiger charge is 2.27. The number of hydrogen-bond acceptors (Lipinski definition) is 3. The molecule has 1 aliphatic rings. The van der Waals surface area contributed by atoms with Crippen molar-refractivity contribution in [2.45, 2.75) is 25.7 Å². The molecule has 1 atom stereocenters. The van der Waals surface area contributed by atoms with Crippen LogP contribution in [0.5, 0.6) is 5.75 Å². The Morgan fingerprint density at radius 1 is 1.44 bits per heavy atom. The minimum absolute atomic E-state index is 0.0429. The van der Waals surface area contributed by atoms with Crippen LogP contribution < -0.4 is 0 Å². The number of hydrogen-bond donors (Lipinski definition) is 2. The molecule has 1 aromatic carbocycles. The fourth-order valence-corrected chi connectivity index (χ4v) is 2.14. The molecule has 0 bridgehead atoms. The van der Waals surface area contributed by atoms with Crippen LogP contribution in [0.3, 0.4) is 0 Å². The summed E-state index contributed by atoms with van der Waals surface area (Å²) >= 11 is 0. The van der Waals surface area contributed by atoms with E-state index in [1.54, 1.807) is 0 Å². The van der Waals surface area contributed by atoms with Crippen molar-refractivity contribution in [2.24, 2.45) is 0 Å². The van der Waals surface area contributed by atoms with Crippen LogP contribution in [0.15, 0.2) is 12.1 Å². The maximum absolute atomic E-state index is 11.7. The van der Waals surface area contributed by atoms with E-state index in [4.69, 9.17) is 5.11 Å². The molecule has 0 radical (unpaired) electrons. The lowest BCUT2D eigenvalue weighted by Gasteiger charge is -2.22. The SMILES string of the molecule is C[C@@H]1CCC(=O)c2cc(C(=O)O)cc(O)c21. The highest BCUT2D eigenvalue weighted by molar-refractivity contribution is 6.02. The quantitative estimate of drug-likeness (QED) is 0.760. The summed E-state index contributed by atoms with van der Waals surface area (Å²) in [6, 6.07) is 2.56. The monoisotopic (exact) mass is 220 g/mol. The molecule has 0 amide bonds. The van der Waals surface area contributed by atoms with Gasteiger partial charge in [-0.3, -0.25) is 4.79 Å². The van der Waals surface area contributed by atoms with E-state index in [2.05, 4.69) is 0 Å². The topological polar surface area (TPSA) is 74.6 Å². The maximum Gasteiger partial charge on any atom is 0.335 e. The van der Waals surface area contributed by atoms with Crippen LogP contribution >= 0.6 is 0 Å². The van der Waals surface area contributed by atoms with Gasteiger partial charge in [0.25, 0.3) is 0 Å². The molecule has 0 saturated heterocycles. The van der Waals surface area contributed by atoms with E-state index in [9.17, 15) is 14.7 Å². The average molecular weight is 220 g/mol. The first-order chi connectivity index (χ1) is 7.50. The summed E-state index contributed by atoms with van der Waals surface area (Å²) in [4.78, 5) is 22.5. The van der Waals surface area contributed by atoms with Gasteiger partial charge in [0.2, 0.25) is 0 Å². The van der Waals surface area contributed by atoms with Crippen LogP contribution in [0.1, 0.15) is 52.0 Å². The normalized spacial score (nSPS) is 19.3. The number of aromatic hydroxyl groups is 1. The van der Waals surface area contributed by atoms with Gasteiger partial charge in [-0.2, -0.15) is 0 Å². The van der Waals surface area contributed by atoms with Crippen molar-refractivity contribution >= 4 is 11.8 Å². The number of Topliss-reactive ketones (excluding diaryl/α,β-unsaturated/α-hetero) is 1. The van der Waals surface area contributed by atoms with Crippen LogP contribution in [0.4, 0.5) is 0 Å². The lowest BCUT2D eigenvalue weighted by atomic mass is 9.82. The van der Waals surface area contributed by atoms with Gasteiger partial charge >= 0.3 is 5.97 Å². The van der Waals surface area contributed by atoms with Crippen LogP contribution in [-0.2, 0) is 0 Å². The standard InChI is InChI=1S/C12H12O4/c1-6-2-3-9(13)8-4-7(12(15)16)5-10(14)11(6)8/h4-6,14H,2-3H2,1H3,(H,15,16)/t6-/m1/s1. The van der Waals surface area contributed by atoms with Crippen molar-refractivity contribution in [3.05, 3.63) is 28.8 Å². The van der Waals surface area contributed by atoms with Gasteiger partial charge in [0.15, 0.2) is 5.78 Å². The Morgan fingerprint density at radius 3 is 2.75 bits per heavy atom. The second-order valence-corrected chi connectivity index (χ2v) is 4.12. The molecule has 2 rings (SSSR count). The summed E-state index contributed by atoms with van der Waals surface area (Å²) in [6.07, 6.45) is 1.11. The first-order valence-corrected chi connectivity index (χ1v) is 5.14. The van der Waals surface area contributed by atoms with Gasteiger partial charge in [-0.25, -0.2) is 4.79 Å². The van der Waals surface area contributed by atoms with Crippen LogP contribution in [0.2, 0.25) is 0 Å². The van der Waals surface area contributed by atoms with Crippen molar-refractivity contribution < 1.29 is 19.8 Å². The Morgan fingerprint density at radius 2 is 2.12 bits per heavy atom. The molecule has 4 nitrogen and oxygen atoms in total. The van der Waals surface area contributed by atoms with E-state index in [0.717, 1.165) is 0 Å². The van der Waals surface area contributed by atoms with E-state index >= 15 is 0 Å². The third-order valence-electron chi connectivity index (χ3n) is 3.00. The number of phenolic OH excluding ortho intramolecular Hbond substituents is 1. The number of fused-ring (bicyclic) bond motifs is 1. The number of rotatable bonds is 1. The number of carboxylic acids is 1. The van der Waals surface area contributed by atoms with Crippen LogP contribution in [-0.4, -0.2) is 22.0 Å². The first-order valence-electron chi connectivity index (χ1n) is 5.14. The summed E-state index contributed by atoms with van der Waals surface area (Å²) in [5, 5.41) is 18.6. The molecule has 16 heavy (non-hydrogen) atoms. The fraction of sp³-hybridized carbons (Fsp3) is 0.333. The van der Waals surface area contributed by atoms with Gasteiger partial charge in [-0.05, 0) is 24.5 Å². The molecule has 0 spiro atoms. The third-order valence-corrected chi connectivity index (χ3v) is 3.00. The Kier molecular flexibility index (Phi) is 2.42.